The van der Waals surface area contributed by atoms with Gasteiger partial charge in [0.2, 0.25) is 0 Å². The molecule has 4 heteroatoms. The summed E-state index contributed by atoms with van der Waals surface area (Å²) >= 11 is -0.0935. The van der Waals surface area contributed by atoms with Gasteiger partial charge < -0.3 is 0 Å². The summed E-state index contributed by atoms with van der Waals surface area (Å²) in [5, 5.41) is 0. The number of amides is 1. The molecule has 1 heterocycles. The Morgan fingerprint density at radius 2 is 2.05 bits per heavy atom. The van der Waals surface area contributed by atoms with E-state index in [1.165, 1.54) is 11.1 Å². The fourth-order valence-corrected chi connectivity index (χ4v) is 5.89. The first kappa shape index (κ1) is 14.6. The third-order valence-corrected chi connectivity index (χ3v) is 7.63. The molecular weight excluding hydrogens is 299 g/mol. The van der Waals surface area contributed by atoms with Crippen molar-refractivity contribution in [1.82, 2.24) is 4.90 Å². The van der Waals surface area contributed by atoms with Crippen molar-refractivity contribution in [2.45, 2.75) is 31.4 Å². The van der Waals surface area contributed by atoms with Crippen LogP contribution in [0.2, 0.25) is 4.71 Å². The number of rotatable bonds is 3. The Morgan fingerprint density at radius 3 is 2.68 bits per heavy atom. The normalized spacial score (nSPS) is 17.3. The molecule has 1 saturated heterocycles. The third kappa shape index (κ3) is 3.84. The molecule has 0 bridgehead atoms. The summed E-state index contributed by atoms with van der Waals surface area (Å²) in [7, 11) is 0. The Bertz CT molecular complexity index is 453. The van der Waals surface area contributed by atoms with Crippen molar-refractivity contribution >= 4 is 26.0 Å². The molecular formula is C15H23AsN2O. The van der Waals surface area contributed by atoms with Gasteiger partial charge in [-0.3, -0.25) is 0 Å². The van der Waals surface area contributed by atoms with Crippen LogP contribution in [0.1, 0.15) is 24.0 Å². The number of piperidine rings is 1. The Hall–Kier alpha value is -0.792. The number of nitrogens with two attached hydrogens (primary N) is 1. The molecule has 1 aromatic rings. The predicted molar refractivity (Wildman–Crippen MR) is 81.3 cm³/mol. The van der Waals surface area contributed by atoms with Gasteiger partial charge in [-0.25, -0.2) is 0 Å². The average molecular weight is 322 g/mol. The van der Waals surface area contributed by atoms with Crippen LogP contribution in [0.25, 0.3) is 0 Å². The van der Waals surface area contributed by atoms with Crippen LogP contribution in [-0.4, -0.2) is 46.2 Å². The van der Waals surface area contributed by atoms with Crippen molar-refractivity contribution < 1.29 is 4.79 Å². The fourth-order valence-electron chi connectivity index (χ4n) is 2.51. The van der Waals surface area contributed by atoms with E-state index in [2.05, 4.69) is 32.0 Å². The number of carbonyl (C=O) groups excluding carboxylic acids is 1. The molecule has 0 aliphatic carbocycles. The molecule has 3 nitrogen and oxygen atoms in total. The number of benzene rings is 1. The van der Waals surface area contributed by atoms with Crippen molar-refractivity contribution in [1.29, 1.82) is 0 Å². The first-order valence-corrected chi connectivity index (χ1v) is 9.18. The fraction of sp³-hybridized carbons (Fsp3) is 0.533. The quantitative estimate of drug-likeness (QED) is 0.834. The van der Waals surface area contributed by atoms with E-state index in [0.717, 1.165) is 30.6 Å². The van der Waals surface area contributed by atoms with Crippen LogP contribution < -0.4 is 10.1 Å². The van der Waals surface area contributed by atoms with Crippen molar-refractivity contribution in [2.75, 3.05) is 19.6 Å². The van der Waals surface area contributed by atoms with Gasteiger partial charge in [0, 0.05) is 0 Å². The van der Waals surface area contributed by atoms with Crippen LogP contribution in [-0.2, 0) is 4.79 Å². The minimum absolute atomic E-state index is 0.0935. The van der Waals surface area contributed by atoms with Gasteiger partial charge in [0.1, 0.15) is 0 Å². The van der Waals surface area contributed by atoms with Crippen molar-refractivity contribution in [2.24, 2.45) is 5.73 Å². The molecule has 2 rings (SSSR count). The van der Waals surface area contributed by atoms with Gasteiger partial charge in [0.25, 0.3) is 0 Å². The number of hydrogen-bond acceptors (Lipinski definition) is 2. The summed E-state index contributed by atoms with van der Waals surface area (Å²) < 4.78 is 2.41. The molecule has 0 spiro atoms. The zero-order valence-corrected chi connectivity index (χ0v) is 13.9. The molecule has 0 aromatic heterocycles. The molecule has 19 heavy (non-hydrogen) atoms. The second kappa shape index (κ2) is 6.58. The molecule has 1 atom stereocenters. The van der Waals surface area contributed by atoms with E-state index in [1.54, 1.807) is 4.35 Å². The monoisotopic (exact) mass is 322 g/mol. The number of nitrogens with zero attached hydrogens (tertiary/aromatic N) is 1. The molecule has 104 valence electrons. The average Bonchev–Trinajstić information content (AvgIpc) is 2.43. The summed E-state index contributed by atoms with van der Waals surface area (Å²) in [6, 6.07) is 6.78. The van der Waals surface area contributed by atoms with Crippen LogP contribution in [0.15, 0.2) is 18.2 Å². The van der Waals surface area contributed by atoms with E-state index in [-0.39, 0.29) is 28.2 Å². The molecule has 1 fully saturated rings. The van der Waals surface area contributed by atoms with Crippen LogP contribution in [0, 0.1) is 13.8 Å². The summed E-state index contributed by atoms with van der Waals surface area (Å²) in [5.41, 5.74) is 8.21. The maximum atomic E-state index is 11.5. The van der Waals surface area contributed by atoms with Crippen LogP contribution in [0.4, 0.5) is 0 Å². The van der Waals surface area contributed by atoms with Gasteiger partial charge in [-0.1, -0.05) is 0 Å². The molecule has 1 amide bonds. The summed E-state index contributed by atoms with van der Waals surface area (Å²) in [5.74, 6) is 0.102. The Labute approximate surface area is 122 Å². The molecule has 2 N–H and O–H groups in total. The molecule has 1 unspecified atom stereocenters. The Balaban J connectivity index is 1.92. The summed E-state index contributed by atoms with van der Waals surface area (Å²) in [6.07, 6.45) is 2.30. The van der Waals surface area contributed by atoms with E-state index in [1.807, 2.05) is 4.90 Å². The van der Waals surface area contributed by atoms with Crippen molar-refractivity contribution in [3.8, 4) is 0 Å². The van der Waals surface area contributed by atoms with E-state index in [4.69, 9.17) is 5.73 Å². The van der Waals surface area contributed by atoms with Gasteiger partial charge in [-0.05, 0) is 0 Å². The minimum atomic E-state index is -0.0935. The predicted octanol–water partition coefficient (Wildman–Crippen LogP) is 0.735. The molecule has 1 aliphatic heterocycles. The van der Waals surface area contributed by atoms with Crippen LogP contribution in [0.5, 0.6) is 0 Å². The second-order valence-electron chi connectivity index (χ2n) is 5.32. The zero-order valence-electron chi connectivity index (χ0n) is 11.8. The molecule has 0 saturated carbocycles. The number of aryl methyl sites for hydroxylation is 2. The van der Waals surface area contributed by atoms with Gasteiger partial charge in [-0.2, -0.15) is 0 Å². The number of hydrogen-bond donors (Lipinski definition) is 1. The van der Waals surface area contributed by atoms with Crippen LogP contribution >= 0.6 is 0 Å². The zero-order chi connectivity index (χ0) is 13.8. The first-order valence-electron chi connectivity index (χ1n) is 6.92. The van der Waals surface area contributed by atoms with E-state index in [9.17, 15) is 4.79 Å². The van der Waals surface area contributed by atoms with Crippen molar-refractivity contribution in [3.63, 3.8) is 0 Å². The SMILES string of the molecule is Cc1ccc(C)c([AsH]C2CCN(C(=O)CN)CC2)c1. The van der Waals surface area contributed by atoms with E-state index < -0.39 is 0 Å². The van der Waals surface area contributed by atoms with E-state index >= 15 is 0 Å². The topological polar surface area (TPSA) is 46.3 Å². The Kier molecular flexibility index (Phi) is 5.06. The molecule has 1 aromatic carbocycles. The van der Waals surface area contributed by atoms with Crippen LogP contribution in [0.3, 0.4) is 0 Å². The standard InChI is InChI=1S/C15H23AsN2O/c1-11-3-4-12(2)14(9-11)16-13-5-7-18(8-6-13)15(19)10-17/h3-4,9,13,16H,5-8,10,17H2,1-2H3. The van der Waals surface area contributed by atoms with Gasteiger partial charge in [0.05, 0.1) is 0 Å². The first-order chi connectivity index (χ1) is 9.10. The van der Waals surface area contributed by atoms with Crippen molar-refractivity contribution in [3.05, 3.63) is 29.3 Å². The summed E-state index contributed by atoms with van der Waals surface area (Å²) in [4.78, 5) is 13.5. The summed E-state index contributed by atoms with van der Waals surface area (Å²) in [6.45, 7) is 6.32. The van der Waals surface area contributed by atoms with Gasteiger partial charge >= 0.3 is 122 Å². The second-order valence-corrected chi connectivity index (χ2v) is 8.77. The van der Waals surface area contributed by atoms with Gasteiger partial charge in [0.15, 0.2) is 0 Å². The van der Waals surface area contributed by atoms with E-state index in [0.29, 0.717) is 0 Å². The third-order valence-electron chi connectivity index (χ3n) is 3.77. The maximum absolute atomic E-state index is 11.5. The number of likely N-dealkylation sites (tertiary alicyclic amines) is 1. The number of carbonyl (C=O) groups is 1. The Morgan fingerprint density at radius 1 is 1.37 bits per heavy atom. The molecule has 0 radical (unpaired) electrons. The molecule has 1 aliphatic rings. The van der Waals surface area contributed by atoms with Gasteiger partial charge in [-0.15, -0.1) is 0 Å².